The average Bonchev–Trinajstić information content (AvgIpc) is 3.30. The van der Waals surface area contributed by atoms with Crippen molar-refractivity contribution in [2.75, 3.05) is 33.0 Å². The molecule has 0 fully saturated rings. The van der Waals surface area contributed by atoms with Crippen molar-refractivity contribution in [3.05, 3.63) is 97.0 Å². The molecule has 5 aromatic rings. The van der Waals surface area contributed by atoms with Crippen LogP contribution in [0.15, 0.2) is 91.4 Å². The van der Waals surface area contributed by atoms with E-state index in [4.69, 9.17) is 15.2 Å². The fraction of sp³-hybridized carbons (Fsp3) is 0.172. The standard InChI is InChI=1S/C29H29N5O2/c1-33(2)15-16-35-24-13-11-23(12-14-24)34-18-26(27-28(30)31-20-32-29(27)34)22-9-6-10-25(17-22)36-19-21-7-4-3-5-8-21/h3-14,17-18,20H,15-16,19H2,1-2H3,(H2,30,31,32). The van der Waals surface area contributed by atoms with Crippen LogP contribution in [-0.2, 0) is 6.61 Å². The molecular formula is C29H29N5O2. The number of fused-ring (bicyclic) bond motifs is 1. The Morgan fingerprint density at radius 2 is 1.67 bits per heavy atom. The number of hydrogen-bond acceptors (Lipinski definition) is 6. The van der Waals surface area contributed by atoms with Crippen LogP contribution in [0.3, 0.4) is 0 Å². The Kier molecular flexibility index (Phi) is 6.82. The van der Waals surface area contributed by atoms with Crippen LogP contribution >= 0.6 is 0 Å². The summed E-state index contributed by atoms with van der Waals surface area (Å²) < 4.78 is 13.9. The molecule has 0 unspecified atom stereocenters. The molecule has 3 aromatic carbocycles. The van der Waals surface area contributed by atoms with Gasteiger partial charge in [-0.2, -0.15) is 0 Å². The van der Waals surface area contributed by atoms with Crippen molar-refractivity contribution in [2.45, 2.75) is 6.61 Å². The van der Waals surface area contributed by atoms with Gasteiger partial charge in [-0.05, 0) is 61.6 Å². The highest BCUT2D eigenvalue weighted by atomic mass is 16.5. The van der Waals surface area contributed by atoms with Crippen LogP contribution in [0.25, 0.3) is 27.8 Å². The van der Waals surface area contributed by atoms with Gasteiger partial charge in [-0.25, -0.2) is 9.97 Å². The van der Waals surface area contributed by atoms with E-state index in [-0.39, 0.29) is 0 Å². The molecule has 36 heavy (non-hydrogen) atoms. The summed E-state index contributed by atoms with van der Waals surface area (Å²) >= 11 is 0. The van der Waals surface area contributed by atoms with Gasteiger partial charge in [0, 0.05) is 24.0 Å². The lowest BCUT2D eigenvalue weighted by Gasteiger charge is -2.11. The van der Waals surface area contributed by atoms with Crippen molar-refractivity contribution in [1.29, 1.82) is 0 Å². The van der Waals surface area contributed by atoms with E-state index < -0.39 is 0 Å². The van der Waals surface area contributed by atoms with Crippen molar-refractivity contribution in [1.82, 2.24) is 19.4 Å². The SMILES string of the molecule is CN(C)CCOc1ccc(-n2cc(-c3cccc(OCc4ccccc4)c3)c3c(N)ncnc32)cc1. The summed E-state index contributed by atoms with van der Waals surface area (Å²) in [6.45, 7) is 1.99. The van der Waals surface area contributed by atoms with E-state index in [9.17, 15) is 0 Å². The Morgan fingerprint density at radius 1 is 0.861 bits per heavy atom. The number of hydrogen-bond donors (Lipinski definition) is 1. The van der Waals surface area contributed by atoms with Crippen molar-refractivity contribution >= 4 is 16.9 Å². The zero-order valence-corrected chi connectivity index (χ0v) is 20.5. The smallest absolute Gasteiger partial charge is 0.150 e. The molecule has 5 rings (SSSR count). The molecule has 0 radical (unpaired) electrons. The first-order valence-corrected chi connectivity index (χ1v) is 11.8. The first-order valence-electron chi connectivity index (χ1n) is 11.8. The largest absolute Gasteiger partial charge is 0.492 e. The number of rotatable bonds is 9. The molecule has 0 aliphatic rings. The van der Waals surface area contributed by atoms with E-state index in [0.29, 0.717) is 19.0 Å². The minimum atomic E-state index is 0.438. The predicted octanol–water partition coefficient (Wildman–Crippen LogP) is 5.19. The number of nitrogen functional groups attached to an aromatic ring is 1. The van der Waals surface area contributed by atoms with Gasteiger partial charge in [-0.1, -0.05) is 42.5 Å². The Labute approximate surface area is 210 Å². The van der Waals surface area contributed by atoms with Crippen LogP contribution in [0.5, 0.6) is 11.5 Å². The third kappa shape index (κ3) is 5.16. The lowest BCUT2D eigenvalue weighted by atomic mass is 10.1. The maximum absolute atomic E-state index is 6.34. The number of ether oxygens (including phenoxy) is 2. The highest BCUT2D eigenvalue weighted by Gasteiger charge is 2.16. The van der Waals surface area contributed by atoms with Gasteiger partial charge >= 0.3 is 0 Å². The van der Waals surface area contributed by atoms with E-state index in [1.165, 1.54) is 6.33 Å². The first kappa shape index (κ1) is 23.4. The molecule has 0 amide bonds. The van der Waals surface area contributed by atoms with Crippen molar-refractivity contribution in [3.63, 3.8) is 0 Å². The molecule has 182 valence electrons. The summed E-state index contributed by atoms with van der Waals surface area (Å²) in [6.07, 6.45) is 3.55. The van der Waals surface area contributed by atoms with Gasteiger partial charge in [0.25, 0.3) is 0 Å². The van der Waals surface area contributed by atoms with Gasteiger partial charge in [0.1, 0.15) is 36.9 Å². The summed E-state index contributed by atoms with van der Waals surface area (Å²) in [4.78, 5) is 10.9. The number of benzene rings is 3. The molecule has 7 heteroatoms. The van der Waals surface area contributed by atoms with Crippen LogP contribution in [-0.4, -0.2) is 46.7 Å². The fourth-order valence-electron chi connectivity index (χ4n) is 4.04. The number of nitrogens with two attached hydrogens (primary N) is 1. The van der Waals surface area contributed by atoms with Crippen molar-refractivity contribution in [3.8, 4) is 28.3 Å². The second-order valence-electron chi connectivity index (χ2n) is 8.82. The summed E-state index contributed by atoms with van der Waals surface area (Å²) in [6, 6.07) is 26.1. The minimum absolute atomic E-state index is 0.438. The number of likely N-dealkylation sites (N-methyl/N-ethyl adjacent to an activating group) is 1. The second kappa shape index (κ2) is 10.5. The fourth-order valence-corrected chi connectivity index (χ4v) is 4.04. The molecule has 2 aromatic heterocycles. The highest BCUT2D eigenvalue weighted by molar-refractivity contribution is 6.01. The maximum Gasteiger partial charge on any atom is 0.150 e. The quantitative estimate of drug-likeness (QED) is 0.314. The zero-order chi connectivity index (χ0) is 24.9. The minimum Gasteiger partial charge on any atom is -0.492 e. The van der Waals surface area contributed by atoms with E-state index in [1.54, 1.807) is 0 Å². The second-order valence-corrected chi connectivity index (χ2v) is 8.82. The van der Waals surface area contributed by atoms with Gasteiger partial charge < -0.3 is 24.7 Å². The van der Waals surface area contributed by atoms with Gasteiger partial charge in [-0.3, -0.25) is 0 Å². The Hall–Kier alpha value is -4.36. The molecule has 0 aliphatic heterocycles. The molecule has 0 saturated heterocycles. The molecule has 0 saturated carbocycles. The molecule has 7 nitrogen and oxygen atoms in total. The molecule has 0 atom stereocenters. The zero-order valence-electron chi connectivity index (χ0n) is 20.5. The van der Waals surface area contributed by atoms with Gasteiger partial charge in [0.2, 0.25) is 0 Å². The van der Waals surface area contributed by atoms with Crippen molar-refractivity contribution < 1.29 is 9.47 Å². The topological polar surface area (TPSA) is 78.4 Å². The number of anilines is 1. The predicted molar refractivity (Wildman–Crippen MR) is 144 cm³/mol. The van der Waals surface area contributed by atoms with Gasteiger partial charge in [-0.15, -0.1) is 0 Å². The Morgan fingerprint density at radius 3 is 2.44 bits per heavy atom. The third-order valence-electron chi connectivity index (χ3n) is 5.93. The molecule has 2 heterocycles. The normalized spacial score (nSPS) is 11.2. The average molecular weight is 480 g/mol. The first-order chi connectivity index (χ1) is 17.6. The Balaban J connectivity index is 1.45. The summed E-state index contributed by atoms with van der Waals surface area (Å²) in [5.74, 6) is 2.05. The monoisotopic (exact) mass is 479 g/mol. The number of nitrogens with zero attached hydrogens (tertiary/aromatic N) is 4. The molecule has 0 spiro atoms. The maximum atomic E-state index is 6.34. The number of aromatic nitrogens is 3. The van der Waals surface area contributed by atoms with E-state index in [1.807, 2.05) is 104 Å². The highest BCUT2D eigenvalue weighted by Crippen LogP contribution is 2.35. The molecular weight excluding hydrogens is 450 g/mol. The van der Waals surface area contributed by atoms with Crippen LogP contribution < -0.4 is 15.2 Å². The molecule has 0 aliphatic carbocycles. The molecule has 0 bridgehead atoms. The summed E-state index contributed by atoms with van der Waals surface area (Å²) in [5, 5.41) is 0.809. The van der Waals surface area contributed by atoms with E-state index >= 15 is 0 Å². The van der Waals surface area contributed by atoms with Crippen LogP contribution in [0.2, 0.25) is 0 Å². The van der Waals surface area contributed by atoms with Crippen LogP contribution in [0.4, 0.5) is 5.82 Å². The summed E-state index contributed by atoms with van der Waals surface area (Å²) in [7, 11) is 4.06. The summed E-state index contributed by atoms with van der Waals surface area (Å²) in [5.41, 5.74) is 11.1. The van der Waals surface area contributed by atoms with E-state index in [2.05, 4.69) is 14.9 Å². The van der Waals surface area contributed by atoms with Crippen molar-refractivity contribution in [2.24, 2.45) is 0 Å². The van der Waals surface area contributed by atoms with Gasteiger partial charge in [0.05, 0.1) is 5.39 Å². The van der Waals surface area contributed by atoms with Crippen LogP contribution in [0, 0.1) is 0 Å². The lowest BCUT2D eigenvalue weighted by Crippen LogP contribution is -2.19. The Bertz CT molecular complexity index is 1450. The molecule has 2 N–H and O–H groups in total. The lowest BCUT2D eigenvalue weighted by molar-refractivity contribution is 0.261. The van der Waals surface area contributed by atoms with E-state index in [0.717, 1.165) is 51.5 Å². The van der Waals surface area contributed by atoms with Crippen LogP contribution in [0.1, 0.15) is 5.56 Å². The third-order valence-corrected chi connectivity index (χ3v) is 5.93. The van der Waals surface area contributed by atoms with Gasteiger partial charge in [0.15, 0.2) is 5.65 Å².